The molecule has 4 rings (SSSR count). The standard InChI is InChI=1S/C21H23N5O2/c1-25(16-7-9-19(10-8-16)28-18-5-3-2-4-6-18)21(27)20-15-26(24-23-20)17-11-13-22-14-12-17/h2-10,15,17,22H,11-14H2,1H3. The van der Waals surface area contributed by atoms with Gasteiger partial charge in [-0.15, -0.1) is 5.10 Å². The Labute approximate surface area is 163 Å². The van der Waals surface area contributed by atoms with E-state index in [-0.39, 0.29) is 5.91 Å². The van der Waals surface area contributed by atoms with Crippen LogP contribution in [0.25, 0.3) is 0 Å². The van der Waals surface area contributed by atoms with E-state index in [0.29, 0.717) is 17.5 Å². The maximum atomic E-state index is 12.8. The number of rotatable bonds is 5. The van der Waals surface area contributed by atoms with E-state index >= 15 is 0 Å². The summed E-state index contributed by atoms with van der Waals surface area (Å²) in [4.78, 5) is 14.4. The van der Waals surface area contributed by atoms with Crippen molar-refractivity contribution in [2.45, 2.75) is 18.9 Å². The fourth-order valence-electron chi connectivity index (χ4n) is 3.28. The van der Waals surface area contributed by atoms with E-state index in [1.165, 1.54) is 0 Å². The van der Waals surface area contributed by atoms with Gasteiger partial charge in [-0.3, -0.25) is 4.79 Å². The Balaban J connectivity index is 1.43. The molecule has 1 amide bonds. The SMILES string of the molecule is CN(C(=O)c1cn(C2CCNCC2)nn1)c1ccc(Oc2ccccc2)cc1. The van der Waals surface area contributed by atoms with Crippen LogP contribution in [0, 0.1) is 0 Å². The molecule has 1 aliphatic heterocycles. The van der Waals surface area contributed by atoms with Gasteiger partial charge in [0.1, 0.15) is 11.5 Å². The molecule has 1 aromatic heterocycles. The lowest BCUT2D eigenvalue weighted by Gasteiger charge is -2.22. The van der Waals surface area contributed by atoms with Gasteiger partial charge in [0, 0.05) is 12.7 Å². The van der Waals surface area contributed by atoms with E-state index in [4.69, 9.17) is 4.74 Å². The second-order valence-electron chi connectivity index (χ2n) is 6.84. The van der Waals surface area contributed by atoms with Crippen LogP contribution >= 0.6 is 0 Å². The van der Waals surface area contributed by atoms with Gasteiger partial charge in [0.15, 0.2) is 5.69 Å². The number of hydrogen-bond acceptors (Lipinski definition) is 5. The molecule has 0 bridgehead atoms. The van der Waals surface area contributed by atoms with Gasteiger partial charge in [-0.25, -0.2) is 4.68 Å². The first-order chi connectivity index (χ1) is 13.7. The summed E-state index contributed by atoms with van der Waals surface area (Å²) < 4.78 is 7.61. The molecule has 0 unspecified atom stereocenters. The summed E-state index contributed by atoms with van der Waals surface area (Å²) in [7, 11) is 1.74. The molecule has 1 N–H and O–H groups in total. The van der Waals surface area contributed by atoms with Crippen LogP contribution in [-0.2, 0) is 0 Å². The van der Waals surface area contributed by atoms with E-state index in [9.17, 15) is 4.79 Å². The quantitative estimate of drug-likeness (QED) is 0.739. The van der Waals surface area contributed by atoms with Crippen molar-refractivity contribution in [3.8, 4) is 11.5 Å². The summed E-state index contributed by atoms with van der Waals surface area (Å²) in [5.74, 6) is 1.30. The van der Waals surface area contributed by atoms with Crippen LogP contribution in [0.1, 0.15) is 29.4 Å². The molecule has 0 aliphatic carbocycles. The normalized spacial score (nSPS) is 14.6. The highest BCUT2D eigenvalue weighted by molar-refractivity contribution is 6.04. The van der Waals surface area contributed by atoms with Crippen molar-refractivity contribution < 1.29 is 9.53 Å². The monoisotopic (exact) mass is 377 g/mol. The highest BCUT2D eigenvalue weighted by Gasteiger charge is 2.21. The zero-order valence-electron chi connectivity index (χ0n) is 15.8. The lowest BCUT2D eigenvalue weighted by atomic mass is 10.1. The molecule has 28 heavy (non-hydrogen) atoms. The molecule has 7 heteroatoms. The maximum absolute atomic E-state index is 12.8. The molecular formula is C21H23N5O2. The molecule has 144 valence electrons. The Morgan fingerprint density at radius 1 is 1.07 bits per heavy atom. The Bertz CT molecular complexity index is 917. The van der Waals surface area contributed by atoms with Gasteiger partial charge in [-0.2, -0.15) is 0 Å². The fraction of sp³-hybridized carbons (Fsp3) is 0.286. The molecule has 1 fully saturated rings. The number of para-hydroxylation sites is 1. The smallest absolute Gasteiger partial charge is 0.280 e. The van der Waals surface area contributed by atoms with E-state index in [1.807, 2.05) is 59.3 Å². The van der Waals surface area contributed by atoms with Crippen molar-refractivity contribution in [3.05, 3.63) is 66.5 Å². The van der Waals surface area contributed by atoms with Crippen LogP contribution in [0.4, 0.5) is 5.69 Å². The molecule has 2 aromatic carbocycles. The zero-order chi connectivity index (χ0) is 19.3. The number of piperidine rings is 1. The summed E-state index contributed by atoms with van der Waals surface area (Å²) in [5.41, 5.74) is 1.12. The number of amides is 1. The summed E-state index contributed by atoms with van der Waals surface area (Å²) >= 11 is 0. The predicted molar refractivity (Wildman–Crippen MR) is 107 cm³/mol. The predicted octanol–water partition coefficient (Wildman–Crippen LogP) is 3.27. The highest BCUT2D eigenvalue weighted by atomic mass is 16.5. The number of aromatic nitrogens is 3. The van der Waals surface area contributed by atoms with Crippen LogP contribution in [0.2, 0.25) is 0 Å². The third-order valence-corrected chi connectivity index (χ3v) is 4.92. The van der Waals surface area contributed by atoms with Crippen molar-refractivity contribution >= 4 is 11.6 Å². The van der Waals surface area contributed by atoms with Gasteiger partial charge in [0.2, 0.25) is 0 Å². The minimum absolute atomic E-state index is 0.183. The zero-order valence-corrected chi connectivity index (χ0v) is 15.8. The molecule has 0 atom stereocenters. The summed E-state index contributed by atoms with van der Waals surface area (Å²) in [6, 6.07) is 17.3. The van der Waals surface area contributed by atoms with Crippen LogP contribution in [0.15, 0.2) is 60.8 Å². The molecule has 0 spiro atoms. The van der Waals surface area contributed by atoms with E-state index < -0.39 is 0 Å². The third-order valence-electron chi connectivity index (χ3n) is 4.92. The number of carbonyl (C=O) groups is 1. The van der Waals surface area contributed by atoms with Crippen molar-refractivity contribution in [2.24, 2.45) is 0 Å². The Hall–Kier alpha value is -3.19. The number of nitrogens with one attached hydrogen (secondary N) is 1. The van der Waals surface area contributed by atoms with Crippen molar-refractivity contribution in [2.75, 3.05) is 25.0 Å². The molecule has 3 aromatic rings. The highest BCUT2D eigenvalue weighted by Crippen LogP contribution is 2.24. The van der Waals surface area contributed by atoms with Gasteiger partial charge in [-0.1, -0.05) is 23.4 Å². The van der Waals surface area contributed by atoms with E-state index in [1.54, 1.807) is 18.1 Å². The second-order valence-corrected chi connectivity index (χ2v) is 6.84. The average Bonchev–Trinajstić information content (AvgIpc) is 3.25. The van der Waals surface area contributed by atoms with Crippen LogP contribution in [-0.4, -0.2) is 41.0 Å². The molecular weight excluding hydrogens is 354 g/mol. The Morgan fingerprint density at radius 3 is 2.46 bits per heavy atom. The molecule has 1 saturated heterocycles. The molecule has 7 nitrogen and oxygen atoms in total. The minimum atomic E-state index is -0.183. The minimum Gasteiger partial charge on any atom is -0.457 e. The molecule has 0 saturated carbocycles. The first kappa shape index (κ1) is 18.2. The fourth-order valence-corrected chi connectivity index (χ4v) is 3.28. The summed E-state index contributed by atoms with van der Waals surface area (Å²) in [6.45, 7) is 1.93. The average molecular weight is 377 g/mol. The lowest BCUT2D eigenvalue weighted by molar-refractivity contribution is 0.0988. The van der Waals surface area contributed by atoms with Gasteiger partial charge < -0.3 is 15.0 Å². The van der Waals surface area contributed by atoms with Gasteiger partial charge >= 0.3 is 0 Å². The number of anilines is 1. The number of ether oxygens (including phenoxy) is 1. The van der Waals surface area contributed by atoms with Gasteiger partial charge in [0.05, 0.1) is 12.2 Å². The number of benzene rings is 2. The van der Waals surface area contributed by atoms with Crippen molar-refractivity contribution in [3.63, 3.8) is 0 Å². The molecule has 1 aliphatic rings. The van der Waals surface area contributed by atoms with E-state index in [2.05, 4.69) is 15.6 Å². The first-order valence-corrected chi connectivity index (χ1v) is 9.44. The number of nitrogens with zero attached hydrogens (tertiary/aromatic N) is 4. The molecule has 2 heterocycles. The largest absolute Gasteiger partial charge is 0.457 e. The first-order valence-electron chi connectivity index (χ1n) is 9.44. The molecule has 0 radical (unpaired) electrons. The Kier molecular flexibility index (Phi) is 5.34. The van der Waals surface area contributed by atoms with Crippen LogP contribution in [0.3, 0.4) is 0 Å². The van der Waals surface area contributed by atoms with Gasteiger partial charge in [0.25, 0.3) is 5.91 Å². The van der Waals surface area contributed by atoms with Crippen molar-refractivity contribution in [1.29, 1.82) is 0 Å². The maximum Gasteiger partial charge on any atom is 0.280 e. The van der Waals surface area contributed by atoms with Crippen molar-refractivity contribution in [1.82, 2.24) is 20.3 Å². The lowest BCUT2D eigenvalue weighted by Crippen LogP contribution is -2.29. The van der Waals surface area contributed by atoms with Crippen LogP contribution in [0.5, 0.6) is 11.5 Å². The van der Waals surface area contributed by atoms with Crippen LogP contribution < -0.4 is 15.0 Å². The van der Waals surface area contributed by atoms with E-state index in [0.717, 1.165) is 37.4 Å². The summed E-state index contributed by atoms with van der Waals surface area (Å²) in [6.07, 6.45) is 3.74. The topological polar surface area (TPSA) is 72.3 Å². The Morgan fingerprint density at radius 2 is 1.75 bits per heavy atom. The van der Waals surface area contributed by atoms with Gasteiger partial charge in [-0.05, 0) is 62.3 Å². The third kappa shape index (κ3) is 4.04. The number of carbonyl (C=O) groups excluding carboxylic acids is 1. The summed E-state index contributed by atoms with van der Waals surface area (Å²) in [5, 5.41) is 11.6. The number of hydrogen-bond donors (Lipinski definition) is 1. The second kappa shape index (κ2) is 8.22.